The van der Waals surface area contributed by atoms with E-state index in [2.05, 4.69) is 31.9 Å². The quantitative estimate of drug-likeness (QED) is 0.693. The Hall–Kier alpha value is -1.96. The summed E-state index contributed by atoms with van der Waals surface area (Å²) >= 11 is 1.48. The summed E-state index contributed by atoms with van der Waals surface area (Å²) in [7, 11) is 0. The van der Waals surface area contributed by atoms with E-state index in [0.29, 0.717) is 12.6 Å². The Labute approximate surface area is 176 Å². The zero-order chi connectivity index (χ0) is 20.2. The van der Waals surface area contributed by atoms with Crippen LogP contribution >= 0.6 is 11.8 Å². The third-order valence-corrected chi connectivity index (χ3v) is 7.09. The highest BCUT2D eigenvalue weighted by Crippen LogP contribution is 2.29. The zero-order valence-electron chi connectivity index (χ0n) is 17.3. The van der Waals surface area contributed by atoms with Crippen LogP contribution < -0.4 is 10.2 Å². The standard InChI is InChI=1S/C21H31N5O2S/c1-15-9-11-25(12-10-15)20-23-24-21(26(20)14-18-8-5-13-28-18)29-16(2)19(27)22-17-6-3-4-7-17/h5,8,13,15-17H,3-4,6-7,9-12,14H2,1-2H3,(H,22,27). The lowest BCUT2D eigenvalue weighted by Crippen LogP contribution is -2.37. The van der Waals surface area contributed by atoms with E-state index in [1.54, 1.807) is 6.26 Å². The lowest BCUT2D eigenvalue weighted by Gasteiger charge is -2.31. The predicted octanol–water partition coefficient (Wildman–Crippen LogP) is 3.70. The van der Waals surface area contributed by atoms with Gasteiger partial charge in [-0.15, -0.1) is 10.2 Å². The minimum absolute atomic E-state index is 0.0859. The van der Waals surface area contributed by atoms with Crippen molar-refractivity contribution in [3.63, 3.8) is 0 Å². The smallest absolute Gasteiger partial charge is 0.233 e. The van der Waals surface area contributed by atoms with E-state index in [0.717, 1.165) is 61.6 Å². The molecule has 1 aliphatic carbocycles. The molecule has 1 aliphatic heterocycles. The number of nitrogens with zero attached hydrogens (tertiary/aromatic N) is 4. The van der Waals surface area contributed by atoms with Gasteiger partial charge in [-0.05, 0) is 50.7 Å². The molecule has 0 aromatic carbocycles. The van der Waals surface area contributed by atoms with Crippen molar-refractivity contribution in [1.82, 2.24) is 20.1 Å². The number of amides is 1. The largest absolute Gasteiger partial charge is 0.467 e. The van der Waals surface area contributed by atoms with Gasteiger partial charge < -0.3 is 14.6 Å². The molecular formula is C21H31N5O2S. The molecule has 1 saturated heterocycles. The summed E-state index contributed by atoms with van der Waals surface area (Å²) in [5, 5.41) is 12.7. The van der Waals surface area contributed by atoms with Crippen LogP contribution in [-0.4, -0.2) is 45.1 Å². The van der Waals surface area contributed by atoms with Crippen LogP contribution in [0.2, 0.25) is 0 Å². The first-order valence-corrected chi connectivity index (χ1v) is 11.7. The van der Waals surface area contributed by atoms with Crippen LogP contribution in [0.5, 0.6) is 0 Å². The molecule has 0 bridgehead atoms. The van der Waals surface area contributed by atoms with Gasteiger partial charge in [0.2, 0.25) is 11.9 Å². The fourth-order valence-electron chi connectivity index (χ4n) is 4.11. The molecule has 1 saturated carbocycles. The third kappa shape index (κ3) is 4.97. The maximum atomic E-state index is 12.7. The van der Waals surface area contributed by atoms with E-state index in [4.69, 9.17) is 4.42 Å². The molecule has 4 rings (SSSR count). The molecule has 2 aromatic rings. The maximum absolute atomic E-state index is 12.7. The van der Waals surface area contributed by atoms with Crippen LogP contribution in [0.15, 0.2) is 28.0 Å². The van der Waals surface area contributed by atoms with Gasteiger partial charge in [0.1, 0.15) is 5.76 Å². The third-order valence-electron chi connectivity index (χ3n) is 6.01. The molecule has 7 nitrogen and oxygen atoms in total. The number of nitrogens with one attached hydrogen (secondary N) is 1. The lowest BCUT2D eigenvalue weighted by atomic mass is 10.00. The van der Waals surface area contributed by atoms with Crippen LogP contribution in [0.25, 0.3) is 0 Å². The first kappa shape index (κ1) is 20.3. The van der Waals surface area contributed by atoms with Crippen molar-refractivity contribution in [2.24, 2.45) is 5.92 Å². The number of thioether (sulfide) groups is 1. The average Bonchev–Trinajstić information content (AvgIpc) is 3.47. The van der Waals surface area contributed by atoms with Crippen LogP contribution in [-0.2, 0) is 11.3 Å². The summed E-state index contributed by atoms with van der Waals surface area (Å²) in [6, 6.07) is 4.19. The van der Waals surface area contributed by atoms with E-state index in [9.17, 15) is 4.79 Å². The maximum Gasteiger partial charge on any atom is 0.233 e. The second-order valence-corrected chi connectivity index (χ2v) is 9.68. The SMILES string of the molecule is CC1CCN(c2nnc(SC(C)C(=O)NC3CCCC3)n2Cc2ccco2)CC1. The highest BCUT2D eigenvalue weighted by molar-refractivity contribution is 8.00. The van der Waals surface area contributed by atoms with Crippen LogP contribution in [0.3, 0.4) is 0 Å². The minimum atomic E-state index is -0.218. The number of piperidine rings is 1. The van der Waals surface area contributed by atoms with Gasteiger partial charge in [0.15, 0.2) is 5.16 Å². The Morgan fingerprint density at radius 3 is 2.72 bits per heavy atom. The molecule has 2 aliphatic rings. The van der Waals surface area contributed by atoms with Gasteiger partial charge in [0, 0.05) is 19.1 Å². The first-order valence-electron chi connectivity index (χ1n) is 10.8. The molecule has 1 N–H and O–H groups in total. The highest BCUT2D eigenvalue weighted by atomic mass is 32.2. The number of furan rings is 1. The monoisotopic (exact) mass is 417 g/mol. The van der Waals surface area contributed by atoms with Gasteiger partial charge in [0.25, 0.3) is 0 Å². The Bertz CT molecular complexity index is 792. The predicted molar refractivity (Wildman–Crippen MR) is 114 cm³/mol. The number of carbonyl (C=O) groups is 1. The summed E-state index contributed by atoms with van der Waals surface area (Å²) in [5.41, 5.74) is 0. The summed E-state index contributed by atoms with van der Waals surface area (Å²) in [6.45, 7) is 6.79. The molecule has 158 valence electrons. The number of aromatic nitrogens is 3. The van der Waals surface area contributed by atoms with Crippen molar-refractivity contribution in [3.8, 4) is 0 Å². The summed E-state index contributed by atoms with van der Waals surface area (Å²) in [5.74, 6) is 2.57. The van der Waals surface area contributed by atoms with Gasteiger partial charge in [-0.25, -0.2) is 0 Å². The fraction of sp³-hybridized carbons (Fsp3) is 0.667. The molecule has 1 unspecified atom stereocenters. The normalized spacial score (nSPS) is 19.6. The Kier molecular flexibility index (Phi) is 6.47. The minimum Gasteiger partial charge on any atom is -0.467 e. The molecule has 3 heterocycles. The van der Waals surface area contributed by atoms with Crippen molar-refractivity contribution in [1.29, 1.82) is 0 Å². The molecule has 0 spiro atoms. The zero-order valence-corrected chi connectivity index (χ0v) is 18.2. The van der Waals surface area contributed by atoms with Crippen LogP contribution in [0, 0.1) is 5.92 Å². The molecule has 8 heteroatoms. The van der Waals surface area contributed by atoms with Crippen molar-refractivity contribution >= 4 is 23.6 Å². The van der Waals surface area contributed by atoms with Crippen molar-refractivity contribution in [3.05, 3.63) is 24.2 Å². The molecule has 29 heavy (non-hydrogen) atoms. The van der Waals surface area contributed by atoms with Crippen molar-refractivity contribution in [2.75, 3.05) is 18.0 Å². The highest BCUT2D eigenvalue weighted by Gasteiger charge is 2.27. The van der Waals surface area contributed by atoms with E-state index in [1.807, 2.05) is 19.1 Å². The number of rotatable bonds is 7. The molecule has 1 atom stereocenters. The van der Waals surface area contributed by atoms with Gasteiger partial charge in [-0.2, -0.15) is 0 Å². The number of anilines is 1. The number of hydrogen-bond acceptors (Lipinski definition) is 6. The second-order valence-electron chi connectivity index (χ2n) is 8.37. The van der Waals surface area contributed by atoms with Crippen molar-refractivity contribution < 1.29 is 9.21 Å². The average molecular weight is 418 g/mol. The van der Waals surface area contributed by atoms with E-state index in [1.165, 1.54) is 24.6 Å². The molecule has 0 radical (unpaired) electrons. The van der Waals surface area contributed by atoms with Gasteiger partial charge in [-0.3, -0.25) is 9.36 Å². The second kappa shape index (κ2) is 9.24. The number of carbonyl (C=O) groups excluding carboxylic acids is 1. The lowest BCUT2D eigenvalue weighted by molar-refractivity contribution is -0.120. The van der Waals surface area contributed by atoms with Gasteiger partial charge in [-0.1, -0.05) is 31.5 Å². The van der Waals surface area contributed by atoms with Gasteiger partial charge in [0.05, 0.1) is 18.1 Å². The van der Waals surface area contributed by atoms with Crippen LogP contribution in [0.1, 0.15) is 58.1 Å². The number of hydrogen-bond donors (Lipinski definition) is 1. The molecular weight excluding hydrogens is 386 g/mol. The molecule has 1 amide bonds. The summed E-state index contributed by atoms with van der Waals surface area (Å²) in [6.07, 6.45) is 8.62. The van der Waals surface area contributed by atoms with E-state index < -0.39 is 0 Å². The molecule has 2 aromatic heterocycles. The van der Waals surface area contributed by atoms with Crippen LogP contribution in [0.4, 0.5) is 5.95 Å². The first-order chi connectivity index (χ1) is 14.1. The van der Waals surface area contributed by atoms with Crippen molar-refractivity contribution in [2.45, 2.75) is 75.4 Å². The fourth-order valence-corrected chi connectivity index (χ4v) is 4.96. The van der Waals surface area contributed by atoms with E-state index >= 15 is 0 Å². The Morgan fingerprint density at radius 2 is 2.03 bits per heavy atom. The van der Waals surface area contributed by atoms with Gasteiger partial charge >= 0.3 is 0 Å². The Balaban J connectivity index is 1.49. The summed E-state index contributed by atoms with van der Waals surface area (Å²) in [4.78, 5) is 15.0. The Morgan fingerprint density at radius 1 is 1.28 bits per heavy atom. The topological polar surface area (TPSA) is 76.2 Å². The van der Waals surface area contributed by atoms with E-state index in [-0.39, 0.29) is 11.2 Å². The summed E-state index contributed by atoms with van der Waals surface area (Å²) < 4.78 is 7.67. The molecule has 2 fully saturated rings.